The van der Waals surface area contributed by atoms with Crippen molar-refractivity contribution >= 4 is 12.0 Å². The maximum Gasteiger partial charge on any atom is 0.304 e. The van der Waals surface area contributed by atoms with Gasteiger partial charge in [0, 0.05) is 31.6 Å². The van der Waals surface area contributed by atoms with Gasteiger partial charge in [0.25, 0.3) is 0 Å². The summed E-state index contributed by atoms with van der Waals surface area (Å²) >= 11 is 0. The lowest BCUT2D eigenvalue weighted by molar-refractivity contribution is -0.137. The maximum absolute atomic E-state index is 10.6. The van der Waals surface area contributed by atoms with Crippen molar-refractivity contribution < 1.29 is 14.6 Å². The molecule has 0 aliphatic carbocycles. The molecule has 1 spiro atoms. The van der Waals surface area contributed by atoms with Gasteiger partial charge in [-0.3, -0.25) is 9.69 Å². The number of carboxylic acids is 1. The van der Waals surface area contributed by atoms with Crippen LogP contribution in [0.3, 0.4) is 0 Å². The van der Waals surface area contributed by atoms with Crippen molar-refractivity contribution in [3.63, 3.8) is 0 Å². The Hall–Kier alpha value is -1.81. The lowest BCUT2D eigenvalue weighted by Gasteiger charge is -2.31. The number of hydrogen-bond donors (Lipinski definition) is 1. The number of benzene rings is 1. The van der Waals surface area contributed by atoms with Crippen LogP contribution in [0.5, 0.6) is 5.75 Å². The molecule has 1 aromatic rings. The predicted octanol–water partition coefficient (Wildman–Crippen LogP) is 2.01. The number of carbonyl (C=O) groups is 1. The Kier molecular flexibility index (Phi) is 3.03. The fraction of sp³-hybridized carbons (Fsp3) is 0.400. The summed E-state index contributed by atoms with van der Waals surface area (Å²) < 4.78 is 6.14. The largest absolute Gasteiger partial charge is 0.481 e. The summed E-state index contributed by atoms with van der Waals surface area (Å²) in [6.45, 7) is 2.25. The second-order valence-electron chi connectivity index (χ2n) is 5.21. The van der Waals surface area contributed by atoms with E-state index in [1.54, 1.807) is 0 Å². The summed E-state index contributed by atoms with van der Waals surface area (Å²) in [5.74, 6) is 0.177. The molecule has 1 aromatic carbocycles. The Balaban J connectivity index is 1.69. The molecule has 3 rings (SSSR count). The summed E-state index contributed by atoms with van der Waals surface area (Å²) in [5.41, 5.74) is 0.837. The zero-order valence-electron chi connectivity index (χ0n) is 10.7. The second kappa shape index (κ2) is 4.70. The molecule has 1 saturated heterocycles. The highest BCUT2D eigenvalue weighted by atomic mass is 16.5. The van der Waals surface area contributed by atoms with Crippen LogP contribution in [0.25, 0.3) is 6.08 Å². The molecular weight excluding hydrogens is 242 g/mol. The number of aliphatic carboxylic acids is 1. The number of fused-ring (bicyclic) bond motifs is 1. The first kappa shape index (κ1) is 12.2. The number of hydrogen-bond acceptors (Lipinski definition) is 3. The van der Waals surface area contributed by atoms with Gasteiger partial charge in [0.05, 0.1) is 6.42 Å². The minimum Gasteiger partial charge on any atom is -0.481 e. The topological polar surface area (TPSA) is 49.8 Å². The van der Waals surface area contributed by atoms with Crippen LogP contribution >= 0.6 is 0 Å². The number of rotatable bonds is 3. The molecular formula is C15H17NO3. The fourth-order valence-corrected chi connectivity index (χ4v) is 2.75. The Morgan fingerprint density at radius 2 is 2.26 bits per heavy atom. The van der Waals surface area contributed by atoms with Crippen molar-refractivity contribution in [2.45, 2.75) is 18.4 Å². The van der Waals surface area contributed by atoms with Crippen molar-refractivity contribution in [1.82, 2.24) is 4.90 Å². The zero-order valence-corrected chi connectivity index (χ0v) is 10.7. The van der Waals surface area contributed by atoms with Crippen LogP contribution in [0.15, 0.2) is 30.3 Å². The molecule has 0 aromatic heterocycles. The first-order valence-corrected chi connectivity index (χ1v) is 6.58. The number of nitrogens with zero attached hydrogens (tertiary/aromatic N) is 1. The summed E-state index contributed by atoms with van der Waals surface area (Å²) in [6.07, 6.45) is 5.34. The van der Waals surface area contributed by atoms with Crippen LogP contribution in [0.2, 0.25) is 0 Å². The molecule has 100 valence electrons. The maximum atomic E-state index is 10.6. The molecule has 1 unspecified atom stereocenters. The summed E-state index contributed by atoms with van der Waals surface area (Å²) in [4.78, 5) is 12.8. The molecule has 1 atom stereocenters. The summed E-state index contributed by atoms with van der Waals surface area (Å²) in [7, 11) is 0. The van der Waals surface area contributed by atoms with E-state index in [2.05, 4.69) is 17.1 Å². The molecule has 4 heteroatoms. The first-order chi connectivity index (χ1) is 9.17. The second-order valence-corrected chi connectivity index (χ2v) is 5.21. The van der Waals surface area contributed by atoms with E-state index in [0.717, 1.165) is 30.8 Å². The van der Waals surface area contributed by atoms with E-state index in [-0.39, 0.29) is 12.0 Å². The zero-order chi connectivity index (χ0) is 13.3. The van der Waals surface area contributed by atoms with E-state index >= 15 is 0 Å². The van der Waals surface area contributed by atoms with Crippen molar-refractivity contribution in [1.29, 1.82) is 0 Å². The van der Waals surface area contributed by atoms with Crippen molar-refractivity contribution in [2.24, 2.45) is 0 Å². The molecule has 1 N–H and O–H groups in total. The van der Waals surface area contributed by atoms with Gasteiger partial charge in [-0.05, 0) is 12.1 Å². The van der Waals surface area contributed by atoms with E-state index in [4.69, 9.17) is 9.84 Å². The fourth-order valence-electron chi connectivity index (χ4n) is 2.75. The number of likely N-dealkylation sites (tertiary alicyclic amines) is 1. The van der Waals surface area contributed by atoms with Gasteiger partial charge in [0.1, 0.15) is 11.4 Å². The van der Waals surface area contributed by atoms with Gasteiger partial charge in [-0.15, -0.1) is 0 Å². The molecule has 0 bridgehead atoms. The smallest absolute Gasteiger partial charge is 0.304 e. The summed E-state index contributed by atoms with van der Waals surface area (Å²) in [6, 6.07) is 8.00. The van der Waals surface area contributed by atoms with Crippen LogP contribution in [0.4, 0.5) is 0 Å². The Morgan fingerprint density at radius 3 is 3.11 bits per heavy atom. The van der Waals surface area contributed by atoms with E-state index in [0.29, 0.717) is 6.54 Å². The van der Waals surface area contributed by atoms with Crippen LogP contribution in [0.1, 0.15) is 18.4 Å². The van der Waals surface area contributed by atoms with E-state index < -0.39 is 5.97 Å². The third kappa shape index (κ3) is 2.49. The Morgan fingerprint density at radius 1 is 1.42 bits per heavy atom. The van der Waals surface area contributed by atoms with Crippen molar-refractivity contribution in [2.75, 3.05) is 19.6 Å². The molecule has 2 aliphatic rings. The highest BCUT2D eigenvalue weighted by Gasteiger charge is 2.39. The molecule has 0 saturated carbocycles. The predicted molar refractivity (Wildman–Crippen MR) is 72.1 cm³/mol. The van der Waals surface area contributed by atoms with Crippen LogP contribution in [-0.4, -0.2) is 41.2 Å². The van der Waals surface area contributed by atoms with Crippen molar-refractivity contribution in [3.05, 3.63) is 35.9 Å². The van der Waals surface area contributed by atoms with Gasteiger partial charge in [-0.1, -0.05) is 24.3 Å². The van der Waals surface area contributed by atoms with Gasteiger partial charge >= 0.3 is 5.97 Å². The third-order valence-corrected chi connectivity index (χ3v) is 3.78. The molecule has 0 radical (unpaired) electrons. The first-order valence-electron chi connectivity index (χ1n) is 6.58. The summed E-state index contributed by atoms with van der Waals surface area (Å²) in [5, 5.41) is 8.73. The average Bonchev–Trinajstić information content (AvgIpc) is 2.79. The molecule has 4 nitrogen and oxygen atoms in total. The van der Waals surface area contributed by atoms with Crippen LogP contribution in [0, 0.1) is 0 Å². The van der Waals surface area contributed by atoms with Crippen LogP contribution < -0.4 is 4.74 Å². The van der Waals surface area contributed by atoms with E-state index in [9.17, 15) is 4.79 Å². The SMILES string of the molecule is O=C(O)CCN1CCC2(C=Cc3ccccc3O2)C1. The monoisotopic (exact) mass is 259 g/mol. The highest BCUT2D eigenvalue weighted by Crippen LogP contribution is 2.36. The standard InChI is InChI=1S/C15H17NO3/c17-14(18)6-9-16-10-8-15(11-16)7-5-12-3-1-2-4-13(12)19-15/h1-5,7H,6,8-11H2,(H,17,18). The molecule has 0 amide bonds. The van der Waals surface area contributed by atoms with Gasteiger partial charge in [-0.2, -0.15) is 0 Å². The highest BCUT2D eigenvalue weighted by molar-refractivity contribution is 5.67. The minimum atomic E-state index is -0.744. The Labute approximate surface area is 112 Å². The quantitative estimate of drug-likeness (QED) is 0.902. The van der Waals surface area contributed by atoms with Gasteiger partial charge < -0.3 is 9.84 Å². The van der Waals surface area contributed by atoms with Gasteiger partial charge in [-0.25, -0.2) is 0 Å². The molecule has 2 heterocycles. The average molecular weight is 259 g/mol. The van der Waals surface area contributed by atoms with E-state index in [1.807, 2.05) is 24.3 Å². The number of ether oxygens (including phenoxy) is 1. The Bertz CT molecular complexity index is 526. The number of para-hydroxylation sites is 1. The van der Waals surface area contributed by atoms with Gasteiger partial charge in [0.15, 0.2) is 0 Å². The lowest BCUT2D eigenvalue weighted by atomic mass is 9.97. The van der Waals surface area contributed by atoms with Crippen LogP contribution in [-0.2, 0) is 4.79 Å². The third-order valence-electron chi connectivity index (χ3n) is 3.78. The van der Waals surface area contributed by atoms with Crippen molar-refractivity contribution in [3.8, 4) is 5.75 Å². The van der Waals surface area contributed by atoms with Gasteiger partial charge in [0.2, 0.25) is 0 Å². The minimum absolute atomic E-state index is 0.191. The molecule has 1 fully saturated rings. The van der Waals surface area contributed by atoms with E-state index in [1.165, 1.54) is 0 Å². The number of carboxylic acid groups (broad SMARTS) is 1. The molecule has 2 aliphatic heterocycles. The normalized spacial score (nSPS) is 25.3. The lowest BCUT2D eigenvalue weighted by Crippen LogP contribution is -2.39. The molecule has 19 heavy (non-hydrogen) atoms.